The van der Waals surface area contributed by atoms with Gasteiger partial charge >= 0.3 is 11.9 Å². The van der Waals surface area contributed by atoms with Crippen molar-refractivity contribution in [1.29, 1.82) is 0 Å². The first-order valence-electron chi connectivity index (χ1n) is 32.7. The standard InChI is InChI=1S/C66H103NO24/c1-32-53(69)59(79-15)54(70)61(84-32)91-58-36(5)83-52(30-46(58)78-14)90-57-35(4)82-51(29-45(57)77-13)89-56-34(3)81-50(28-44(56)76-12)88-55-33(2)80-49(27-43(55)75-11)87-40-21-22-62(8)39(26-40)20-23-65(73)47(62)31-48(86-38(7)68)63(9)64(72,24-25-66(63,65)74)37(6)85-60(71)41-18-16-17-19-42(41)67-10/h16-20,32-37,40,43-59,61,67,69-70,72-74H,21-31H2,1-15H3. The van der Waals surface area contributed by atoms with Crippen molar-refractivity contribution in [1.82, 2.24) is 0 Å². The summed E-state index contributed by atoms with van der Waals surface area (Å²) in [6, 6.07) is 6.87. The molecule has 0 bridgehead atoms. The molecule has 8 fully saturated rings. The van der Waals surface area contributed by atoms with Gasteiger partial charge in [0.25, 0.3) is 0 Å². The van der Waals surface area contributed by atoms with Crippen molar-refractivity contribution in [2.45, 2.75) is 297 Å². The number of hydrogen-bond donors (Lipinski definition) is 6. The summed E-state index contributed by atoms with van der Waals surface area (Å²) >= 11 is 0. The van der Waals surface area contributed by atoms with Gasteiger partial charge in [0.2, 0.25) is 0 Å². The van der Waals surface area contributed by atoms with Gasteiger partial charge in [0.1, 0.15) is 71.7 Å². The molecule has 5 heterocycles. The summed E-state index contributed by atoms with van der Waals surface area (Å²) in [6.07, 6.45) is -11.1. The quantitative estimate of drug-likeness (QED) is 0.0758. The molecule has 3 saturated carbocycles. The van der Waals surface area contributed by atoms with Crippen LogP contribution < -0.4 is 5.32 Å². The van der Waals surface area contributed by atoms with Crippen molar-refractivity contribution in [2.75, 3.05) is 47.9 Å². The highest BCUT2D eigenvalue weighted by atomic mass is 16.8. The molecule has 0 radical (unpaired) electrons. The fourth-order valence-electron chi connectivity index (χ4n) is 17.3. The molecule has 30 atom stereocenters. The number of fused-ring (bicyclic) bond motifs is 5. The van der Waals surface area contributed by atoms with Crippen molar-refractivity contribution >= 4 is 17.6 Å². The van der Waals surface area contributed by atoms with Gasteiger partial charge in [-0.1, -0.05) is 37.6 Å². The average Bonchev–Trinajstić information content (AvgIpc) is 1.60. The van der Waals surface area contributed by atoms with Crippen LogP contribution in [0.15, 0.2) is 35.9 Å². The van der Waals surface area contributed by atoms with Gasteiger partial charge in [0.15, 0.2) is 31.5 Å². The first-order valence-corrected chi connectivity index (χ1v) is 32.7. The average molecular weight is 1290 g/mol. The Balaban J connectivity index is 0.724. The van der Waals surface area contributed by atoms with Crippen molar-refractivity contribution in [2.24, 2.45) is 16.7 Å². The predicted octanol–water partition coefficient (Wildman–Crippen LogP) is 4.75. The number of ether oxygens (including phenoxy) is 17. The molecule has 91 heavy (non-hydrogen) atoms. The third kappa shape index (κ3) is 13.0. The number of aliphatic hydroxyl groups is 5. The van der Waals surface area contributed by atoms with Crippen molar-refractivity contribution in [3.05, 3.63) is 41.5 Å². The normalized spacial score (nSPS) is 47.8. The van der Waals surface area contributed by atoms with Gasteiger partial charge in [-0.05, 0) is 104 Å². The van der Waals surface area contributed by atoms with Crippen LogP contribution in [0, 0.1) is 16.7 Å². The maximum absolute atomic E-state index is 13.7. The lowest BCUT2D eigenvalue weighted by Crippen LogP contribution is -2.78. The lowest BCUT2D eigenvalue weighted by atomic mass is 9.42. The topological polar surface area (TPSA) is 304 Å². The fourth-order valence-corrected chi connectivity index (χ4v) is 17.3. The minimum Gasteiger partial charge on any atom is -0.462 e. The summed E-state index contributed by atoms with van der Waals surface area (Å²) in [4.78, 5) is 26.7. The second-order valence-electron chi connectivity index (χ2n) is 27.4. The van der Waals surface area contributed by atoms with Crippen LogP contribution in [-0.2, 0) is 85.3 Å². The largest absolute Gasteiger partial charge is 0.462 e. The number of carbonyl (C=O) groups excluding carboxylic acids is 2. The third-order valence-corrected chi connectivity index (χ3v) is 22.6. The Morgan fingerprint density at radius 1 is 0.615 bits per heavy atom. The van der Waals surface area contributed by atoms with Gasteiger partial charge in [0, 0.05) is 86.8 Å². The molecule has 25 nitrogen and oxygen atoms in total. The van der Waals surface area contributed by atoms with Crippen LogP contribution in [0.2, 0.25) is 0 Å². The second-order valence-corrected chi connectivity index (χ2v) is 27.4. The Labute approximate surface area is 534 Å². The molecule has 9 aliphatic rings. The Morgan fingerprint density at radius 3 is 1.59 bits per heavy atom. The third-order valence-electron chi connectivity index (χ3n) is 22.6. The molecular weight excluding hydrogens is 1190 g/mol. The number of rotatable bonds is 20. The second kappa shape index (κ2) is 28.2. The minimum atomic E-state index is -1.97. The van der Waals surface area contributed by atoms with Gasteiger partial charge in [-0.25, -0.2) is 4.79 Å². The number of anilines is 1. The first kappa shape index (κ1) is 70.7. The van der Waals surface area contributed by atoms with Crippen LogP contribution in [0.5, 0.6) is 0 Å². The summed E-state index contributed by atoms with van der Waals surface area (Å²) in [5.74, 6) is -1.84. The highest BCUT2D eigenvalue weighted by molar-refractivity contribution is 5.95. The van der Waals surface area contributed by atoms with Crippen LogP contribution in [0.4, 0.5) is 5.69 Å². The first-order chi connectivity index (χ1) is 43.1. The highest BCUT2D eigenvalue weighted by Crippen LogP contribution is 2.71. The molecule has 1 aromatic rings. The maximum atomic E-state index is 13.7. The van der Waals surface area contributed by atoms with E-state index in [9.17, 15) is 35.1 Å². The zero-order valence-corrected chi connectivity index (χ0v) is 55.6. The molecule has 30 unspecified atom stereocenters. The van der Waals surface area contributed by atoms with E-state index in [0.717, 1.165) is 5.57 Å². The van der Waals surface area contributed by atoms with Crippen molar-refractivity contribution in [3.63, 3.8) is 0 Å². The van der Waals surface area contributed by atoms with Gasteiger partial charge < -0.3 is 111 Å². The van der Waals surface area contributed by atoms with E-state index >= 15 is 0 Å². The smallest absolute Gasteiger partial charge is 0.340 e. The van der Waals surface area contributed by atoms with Gasteiger partial charge in [0.05, 0.1) is 72.0 Å². The number of methoxy groups -OCH3 is 5. The van der Waals surface area contributed by atoms with Crippen LogP contribution in [0.25, 0.3) is 0 Å². The number of aliphatic hydroxyl groups excluding tert-OH is 2. The number of hydrogen-bond acceptors (Lipinski definition) is 25. The van der Waals surface area contributed by atoms with Gasteiger partial charge in [-0.15, -0.1) is 0 Å². The molecule has 6 N–H and O–H groups in total. The van der Waals surface area contributed by atoms with Crippen LogP contribution >= 0.6 is 0 Å². The Bertz CT molecular complexity index is 2670. The van der Waals surface area contributed by atoms with E-state index in [1.807, 2.05) is 33.8 Å². The van der Waals surface area contributed by atoms with Crippen LogP contribution in [0.1, 0.15) is 143 Å². The summed E-state index contributed by atoms with van der Waals surface area (Å²) in [5.41, 5.74) is -6.05. The van der Waals surface area contributed by atoms with E-state index in [4.69, 9.17) is 80.5 Å². The van der Waals surface area contributed by atoms with Gasteiger partial charge in [-0.2, -0.15) is 0 Å². The van der Waals surface area contributed by atoms with Crippen LogP contribution in [-0.4, -0.2) is 244 Å². The number of benzene rings is 1. The SMILES string of the molecule is CNc1ccccc1C(=O)OC(C)C1(O)CCC2(O)C3(O)CC=C4CC(OC5CC(OC)C(OC6CC(OC)C(OC7CC(OC)C(OC8CC(OC)C(OC9OC(C)C(O)C(OC)C9O)C(C)O8)C(C)O7)C(C)O6)C(C)O5)CCC4(C)C3CC(OC(C)=O)C12C. The maximum Gasteiger partial charge on any atom is 0.340 e. The molecule has 5 aliphatic heterocycles. The van der Waals surface area contributed by atoms with E-state index in [1.165, 1.54) is 14.0 Å². The van der Waals surface area contributed by atoms with Gasteiger partial charge in [-0.3, -0.25) is 4.79 Å². The molecule has 1 aromatic carbocycles. The minimum absolute atomic E-state index is 0.0282. The van der Waals surface area contributed by atoms with Crippen molar-refractivity contribution in [3.8, 4) is 0 Å². The summed E-state index contributed by atoms with van der Waals surface area (Å²) in [7, 11) is 9.57. The van der Waals surface area contributed by atoms with E-state index in [0.29, 0.717) is 50.6 Å². The number of carbonyl (C=O) groups is 2. The lowest BCUT2D eigenvalue weighted by Gasteiger charge is -2.67. The Kier molecular flexibility index (Phi) is 21.9. The number of nitrogens with one attached hydrogen (secondary N) is 1. The molecule has 5 saturated heterocycles. The molecule has 0 aromatic heterocycles. The molecule has 25 heteroatoms. The van der Waals surface area contributed by atoms with Crippen molar-refractivity contribution < 1.29 is 116 Å². The fraction of sp³-hybridized carbons (Fsp3) is 0.848. The van der Waals surface area contributed by atoms with Crippen LogP contribution in [0.3, 0.4) is 0 Å². The van der Waals surface area contributed by atoms with E-state index in [-0.39, 0.29) is 37.4 Å². The Morgan fingerprint density at radius 2 is 1.11 bits per heavy atom. The summed E-state index contributed by atoms with van der Waals surface area (Å²) in [5, 5.41) is 63.8. The molecule has 10 rings (SSSR count). The van der Waals surface area contributed by atoms with E-state index in [1.54, 1.807) is 80.5 Å². The van der Waals surface area contributed by atoms with E-state index in [2.05, 4.69) is 12.2 Å². The summed E-state index contributed by atoms with van der Waals surface area (Å²) in [6.45, 7) is 15.9. The molecule has 0 amide bonds. The molecule has 4 aliphatic carbocycles. The van der Waals surface area contributed by atoms with E-state index < -0.39 is 187 Å². The molecular formula is C66H103NO24. The lowest BCUT2D eigenvalue weighted by molar-refractivity contribution is -0.358. The Hall–Kier alpha value is -3.10. The predicted molar refractivity (Wildman–Crippen MR) is 322 cm³/mol. The zero-order valence-electron chi connectivity index (χ0n) is 55.6. The number of esters is 2. The molecule has 0 spiro atoms. The zero-order chi connectivity index (χ0) is 65.9. The molecule has 516 valence electrons. The number of para-hydroxylation sites is 1. The monoisotopic (exact) mass is 1290 g/mol. The highest BCUT2D eigenvalue weighted by Gasteiger charge is 2.81. The summed E-state index contributed by atoms with van der Waals surface area (Å²) < 4.78 is 107.